The van der Waals surface area contributed by atoms with Crippen LogP contribution in [0.15, 0.2) is 107 Å². The number of esters is 3. The molecule has 0 heterocycles. The Hall–Kier alpha value is -4.78. The first-order valence-corrected chi connectivity index (χ1v) is 27.9. The molecular formula is C62H85NO9S2. The van der Waals surface area contributed by atoms with Gasteiger partial charge in [0.15, 0.2) is 5.78 Å². The van der Waals surface area contributed by atoms with Gasteiger partial charge in [-0.1, -0.05) is 81.4 Å². The summed E-state index contributed by atoms with van der Waals surface area (Å²) in [5, 5.41) is 4.59. The molecule has 5 atom stereocenters. The van der Waals surface area contributed by atoms with Gasteiger partial charge in [-0.15, -0.1) is 23.5 Å². The topological polar surface area (TPSA) is 133 Å². The molecule has 404 valence electrons. The molecule has 3 aliphatic rings. The van der Waals surface area contributed by atoms with Crippen molar-refractivity contribution in [1.29, 1.82) is 0 Å². The summed E-state index contributed by atoms with van der Waals surface area (Å²) in [4.78, 5) is 77.7. The minimum absolute atomic E-state index is 0.00853. The first-order valence-electron chi connectivity index (χ1n) is 26.1. The maximum absolute atomic E-state index is 12.5. The largest absolute Gasteiger partial charge is 0.460 e. The molecule has 74 heavy (non-hydrogen) atoms. The van der Waals surface area contributed by atoms with Crippen molar-refractivity contribution in [3.63, 3.8) is 0 Å². The van der Waals surface area contributed by atoms with Crippen LogP contribution in [-0.4, -0.2) is 88.6 Å². The van der Waals surface area contributed by atoms with Crippen molar-refractivity contribution in [2.24, 2.45) is 32.5 Å². The molecule has 0 unspecified atom stereocenters. The number of benzene rings is 4. The Kier molecular flexibility index (Phi) is 20.8. The van der Waals surface area contributed by atoms with Gasteiger partial charge in [0.25, 0.3) is 0 Å². The standard InChI is InChI=1S/2C22H26O3S.C12H18O3.C6H15N/c2*1-21(2,3)20(24)25-19-17(13-18(23)22(19,4)5)26-16-11-10-14-8-6-7-9-15(14)12-16;1-11(2,3)10(14)15-9-7-6-8(13)12(9,4)5;1-4-7(5-2)6-3/h2*6-12,17,19H,13H2,1-5H3;6-7,9H,1-5H3;4-6H2,1-3H3/t17-,19+;17-,19-;9-;/m100./s1. The number of ether oxygens (including phenoxy) is 3. The molecule has 0 saturated heterocycles. The summed E-state index contributed by atoms with van der Waals surface area (Å²) in [5.74, 6) is -0.470. The van der Waals surface area contributed by atoms with Crippen molar-refractivity contribution < 1.29 is 43.0 Å². The number of Topliss-reactive ketones (excluding diaryl/α,β-unsaturated/α-hetero) is 2. The van der Waals surface area contributed by atoms with Crippen LogP contribution in [0, 0.1) is 32.5 Å². The lowest BCUT2D eigenvalue weighted by Crippen LogP contribution is -2.40. The Balaban J connectivity index is 0.000000233. The quantitative estimate of drug-likeness (QED) is 0.111. The Morgan fingerprint density at radius 2 is 0.851 bits per heavy atom. The number of thioether (sulfide) groups is 2. The second-order valence-electron chi connectivity index (χ2n) is 24.3. The van der Waals surface area contributed by atoms with E-state index < -0.39 is 50.8 Å². The fraction of sp³-hybridized carbons (Fsp3) is 0.548. The van der Waals surface area contributed by atoms with Crippen LogP contribution in [0.4, 0.5) is 0 Å². The molecule has 0 spiro atoms. The zero-order valence-corrected chi connectivity index (χ0v) is 49.2. The molecule has 12 heteroatoms. The molecule has 4 aromatic rings. The summed E-state index contributed by atoms with van der Waals surface area (Å²) in [6.45, 7) is 37.7. The predicted molar refractivity (Wildman–Crippen MR) is 303 cm³/mol. The molecule has 2 saturated carbocycles. The van der Waals surface area contributed by atoms with Crippen molar-refractivity contribution in [2.45, 2.75) is 176 Å². The molecule has 0 aliphatic heterocycles. The highest BCUT2D eigenvalue weighted by atomic mass is 32.2. The normalized spacial score (nSPS) is 21.8. The SMILES string of the molecule is CC(C)(C)C(=O)O[C@H]1C=CC(=O)C1(C)C.CC(C)(C)C(=O)O[C@H]1[C@@H](Sc2ccc3ccccc3c2)CC(=O)C1(C)C.CC(C)(C)C(=O)O[C@H]1[C@H](Sc2ccc3ccccc3c2)CC(=O)C1(C)C.CCN(CC)CC. The van der Waals surface area contributed by atoms with Crippen LogP contribution >= 0.6 is 23.5 Å². The van der Waals surface area contributed by atoms with Gasteiger partial charge >= 0.3 is 17.9 Å². The molecule has 7 rings (SSSR count). The van der Waals surface area contributed by atoms with Crippen LogP contribution in [0.2, 0.25) is 0 Å². The molecule has 0 amide bonds. The van der Waals surface area contributed by atoms with Gasteiger partial charge in [0.2, 0.25) is 0 Å². The minimum atomic E-state index is -0.657. The van der Waals surface area contributed by atoms with Gasteiger partial charge < -0.3 is 19.1 Å². The molecule has 0 aromatic heterocycles. The highest BCUT2D eigenvalue weighted by Gasteiger charge is 2.53. The van der Waals surface area contributed by atoms with Gasteiger partial charge in [-0.2, -0.15) is 0 Å². The fourth-order valence-electron chi connectivity index (χ4n) is 8.34. The molecule has 0 radical (unpaired) electrons. The van der Waals surface area contributed by atoms with Crippen molar-refractivity contribution in [2.75, 3.05) is 19.6 Å². The van der Waals surface area contributed by atoms with Gasteiger partial charge in [-0.05, 0) is 181 Å². The number of hydrogen-bond donors (Lipinski definition) is 0. The molecular weight excluding hydrogens is 967 g/mol. The second-order valence-corrected chi connectivity index (χ2v) is 26.9. The van der Waals surface area contributed by atoms with E-state index >= 15 is 0 Å². The number of rotatable bonds is 10. The summed E-state index contributed by atoms with van der Waals surface area (Å²) in [6.07, 6.45) is 2.72. The molecule has 0 bridgehead atoms. The van der Waals surface area contributed by atoms with Gasteiger partial charge in [0.1, 0.15) is 29.9 Å². The third-order valence-electron chi connectivity index (χ3n) is 14.0. The van der Waals surface area contributed by atoms with Gasteiger partial charge in [-0.25, -0.2) is 0 Å². The zero-order chi connectivity index (χ0) is 55.8. The number of allylic oxidation sites excluding steroid dienone is 1. The average Bonchev–Trinajstić information content (AvgIpc) is 3.79. The van der Waals surface area contributed by atoms with Crippen molar-refractivity contribution in [3.8, 4) is 0 Å². The fourth-order valence-corrected chi connectivity index (χ4v) is 11.2. The van der Waals surface area contributed by atoms with Crippen LogP contribution < -0.4 is 0 Å². The van der Waals surface area contributed by atoms with E-state index in [2.05, 4.69) is 86.3 Å². The first-order chi connectivity index (χ1) is 34.2. The molecule has 0 N–H and O–H groups in total. The number of ketones is 3. The highest BCUT2D eigenvalue weighted by molar-refractivity contribution is 8.00. The number of carbonyl (C=O) groups is 6. The predicted octanol–water partition coefficient (Wildman–Crippen LogP) is 14.0. The van der Waals surface area contributed by atoms with E-state index in [0.29, 0.717) is 12.8 Å². The van der Waals surface area contributed by atoms with Crippen LogP contribution in [0.1, 0.15) is 137 Å². The van der Waals surface area contributed by atoms with E-state index in [-0.39, 0.29) is 45.8 Å². The molecule has 3 aliphatic carbocycles. The number of fused-ring (bicyclic) bond motifs is 2. The van der Waals surface area contributed by atoms with E-state index in [1.807, 2.05) is 93.5 Å². The Labute approximate surface area is 451 Å². The third-order valence-corrected chi connectivity index (χ3v) is 16.5. The van der Waals surface area contributed by atoms with Crippen LogP contribution in [-0.2, 0) is 43.0 Å². The van der Waals surface area contributed by atoms with E-state index in [4.69, 9.17) is 14.2 Å². The van der Waals surface area contributed by atoms with E-state index in [0.717, 1.165) is 9.79 Å². The monoisotopic (exact) mass is 1050 g/mol. The molecule has 2 fully saturated rings. The van der Waals surface area contributed by atoms with E-state index in [1.54, 1.807) is 64.2 Å². The van der Waals surface area contributed by atoms with Gasteiger partial charge in [0, 0.05) is 22.6 Å². The van der Waals surface area contributed by atoms with Crippen LogP contribution in [0.5, 0.6) is 0 Å². The number of carbonyl (C=O) groups excluding carboxylic acids is 6. The van der Waals surface area contributed by atoms with Crippen LogP contribution in [0.3, 0.4) is 0 Å². The van der Waals surface area contributed by atoms with Crippen molar-refractivity contribution in [1.82, 2.24) is 4.90 Å². The molecule has 4 aromatic carbocycles. The summed E-state index contributed by atoms with van der Waals surface area (Å²) >= 11 is 3.27. The average molecular weight is 1050 g/mol. The van der Waals surface area contributed by atoms with Crippen LogP contribution in [0.25, 0.3) is 21.5 Å². The van der Waals surface area contributed by atoms with E-state index in [9.17, 15) is 28.8 Å². The third kappa shape index (κ3) is 15.9. The summed E-state index contributed by atoms with van der Waals surface area (Å²) in [7, 11) is 0. The van der Waals surface area contributed by atoms with Crippen molar-refractivity contribution in [3.05, 3.63) is 97.1 Å². The Morgan fingerprint density at radius 3 is 1.15 bits per heavy atom. The van der Waals surface area contributed by atoms with E-state index in [1.165, 1.54) is 47.3 Å². The second kappa shape index (κ2) is 24.9. The smallest absolute Gasteiger partial charge is 0.311 e. The number of hydrogen-bond acceptors (Lipinski definition) is 12. The Morgan fingerprint density at radius 1 is 0.514 bits per heavy atom. The summed E-state index contributed by atoms with van der Waals surface area (Å²) < 4.78 is 17.0. The maximum atomic E-state index is 12.5. The minimum Gasteiger partial charge on any atom is -0.460 e. The maximum Gasteiger partial charge on any atom is 0.311 e. The zero-order valence-electron chi connectivity index (χ0n) is 47.6. The van der Waals surface area contributed by atoms with Gasteiger partial charge in [0.05, 0.1) is 43.0 Å². The number of nitrogens with zero attached hydrogens (tertiary/aromatic N) is 1. The highest BCUT2D eigenvalue weighted by Crippen LogP contribution is 2.47. The lowest BCUT2D eigenvalue weighted by Gasteiger charge is -2.31. The molecule has 10 nitrogen and oxygen atoms in total. The Bertz CT molecular complexity index is 2510. The lowest BCUT2D eigenvalue weighted by atomic mass is 9.87. The summed E-state index contributed by atoms with van der Waals surface area (Å²) in [6, 6.07) is 29.0. The summed E-state index contributed by atoms with van der Waals surface area (Å²) in [5.41, 5.74) is -3.64. The lowest BCUT2D eigenvalue weighted by molar-refractivity contribution is -0.164. The first kappa shape index (κ1) is 61.8. The van der Waals surface area contributed by atoms with Crippen molar-refractivity contribution >= 4 is 80.3 Å². The van der Waals surface area contributed by atoms with Gasteiger partial charge in [-0.3, -0.25) is 28.8 Å².